The molecular formula is C20H32N2O4. The van der Waals surface area contributed by atoms with Gasteiger partial charge in [-0.15, -0.1) is 0 Å². The first kappa shape index (κ1) is 19.4. The van der Waals surface area contributed by atoms with Crippen LogP contribution in [-0.2, 0) is 6.54 Å². The van der Waals surface area contributed by atoms with Gasteiger partial charge in [0.25, 0.3) is 0 Å². The van der Waals surface area contributed by atoms with Gasteiger partial charge in [-0.1, -0.05) is 12.1 Å². The third-order valence-corrected chi connectivity index (χ3v) is 6.02. The highest BCUT2D eigenvalue weighted by Gasteiger charge is 2.42. The standard InChI is InChI=1S/C20H32N2O4/c1-25-18-6-3-5-16(19(18)26-2)11-21-9-4-7-20(14-21)8-10-22(15-20)17(12-23)13-24/h3,5-6,17,23-24H,4,7-15H2,1-2H3. The third-order valence-electron chi connectivity index (χ3n) is 6.02. The Balaban J connectivity index is 1.68. The molecule has 6 nitrogen and oxygen atoms in total. The Morgan fingerprint density at radius 1 is 1.08 bits per heavy atom. The van der Waals surface area contributed by atoms with Gasteiger partial charge in [-0.25, -0.2) is 0 Å². The average Bonchev–Trinajstić information content (AvgIpc) is 3.05. The number of hydrogen-bond acceptors (Lipinski definition) is 6. The van der Waals surface area contributed by atoms with Crippen molar-refractivity contribution >= 4 is 0 Å². The van der Waals surface area contributed by atoms with Crippen LogP contribution in [0.4, 0.5) is 0 Å². The largest absolute Gasteiger partial charge is 0.493 e. The van der Waals surface area contributed by atoms with E-state index in [-0.39, 0.29) is 24.7 Å². The summed E-state index contributed by atoms with van der Waals surface area (Å²) in [6, 6.07) is 5.93. The van der Waals surface area contributed by atoms with Crippen LogP contribution in [0.5, 0.6) is 11.5 Å². The van der Waals surface area contributed by atoms with E-state index < -0.39 is 0 Å². The fourth-order valence-electron chi connectivity index (χ4n) is 4.67. The van der Waals surface area contributed by atoms with Crippen molar-refractivity contribution in [2.75, 3.05) is 53.6 Å². The lowest BCUT2D eigenvalue weighted by Crippen LogP contribution is -2.46. The lowest BCUT2D eigenvalue weighted by Gasteiger charge is -2.41. The maximum absolute atomic E-state index is 9.49. The number of nitrogens with zero attached hydrogens (tertiary/aromatic N) is 2. The van der Waals surface area contributed by atoms with Crippen LogP contribution in [0.25, 0.3) is 0 Å². The number of methoxy groups -OCH3 is 2. The second kappa shape index (κ2) is 8.57. The normalized spacial score (nSPS) is 24.5. The second-order valence-electron chi connectivity index (χ2n) is 7.71. The van der Waals surface area contributed by atoms with Gasteiger partial charge in [-0.3, -0.25) is 9.80 Å². The summed E-state index contributed by atoms with van der Waals surface area (Å²) < 4.78 is 11.0. The van der Waals surface area contributed by atoms with E-state index in [9.17, 15) is 10.2 Å². The quantitative estimate of drug-likeness (QED) is 0.761. The van der Waals surface area contributed by atoms with E-state index in [4.69, 9.17) is 9.47 Å². The van der Waals surface area contributed by atoms with E-state index in [1.54, 1.807) is 14.2 Å². The molecule has 2 aliphatic rings. The van der Waals surface area contributed by atoms with E-state index >= 15 is 0 Å². The van der Waals surface area contributed by atoms with Gasteiger partial charge in [0.2, 0.25) is 0 Å². The molecule has 0 amide bonds. The van der Waals surface area contributed by atoms with Crippen molar-refractivity contribution in [3.63, 3.8) is 0 Å². The Bertz CT molecular complexity index is 593. The van der Waals surface area contributed by atoms with E-state index in [0.29, 0.717) is 0 Å². The van der Waals surface area contributed by atoms with Gasteiger partial charge in [0, 0.05) is 25.2 Å². The number of likely N-dealkylation sites (tertiary alicyclic amines) is 2. The van der Waals surface area contributed by atoms with Crippen LogP contribution in [0.15, 0.2) is 18.2 Å². The minimum Gasteiger partial charge on any atom is -0.493 e. The van der Waals surface area contributed by atoms with Crippen LogP contribution in [-0.4, -0.2) is 79.7 Å². The highest BCUT2D eigenvalue weighted by atomic mass is 16.5. The minimum absolute atomic E-state index is 0.0251. The number of benzene rings is 1. The summed E-state index contributed by atoms with van der Waals surface area (Å²) in [5.74, 6) is 1.60. The first-order valence-electron chi connectivity index (χ1n) is 9.52. The van der Waals surface area contributed by atoms with E-state index in [1.165, 1.54) is 12.8 Å². The summed E-state index contributed by atoms with van der Waals surface area (Å²) in [5, 5.41) is 19.0. The number of aliphatic hydroxyl groups is 2. The predicted octanol–water partition coefficient (Wildman–Crippen LogP) is 1.34. The van der Waals surface area contributed by atoms with Crippen molar-refractivity contribution in [3.8, 4) is 11.5 Å². The van der Waals surface area contributed by atoms with Crippen molar-refractivity contribution in [2.45, 2.75) is 31.8 Å². The van der Waals surface area contributed by atoms with Crippen LogP contribution in [0.3, 0.4) is 0 Å². The van der Waals surface area contributed by atoms with Crippen LogP contribution >= 0.6 is 0 Å². The Morgan fingerprint density at radius 3 is 2.58 bits per heavy atom. The van der Waals surface area contributed by atoms with Crippen LogP contribution in [0.1, 0.15) is 24.8 Å². The molecule has 1 unspecified atom stereocenters. The lowest BCUT2D eigenvalue weighted by molar-refractivity contribution is 0.0554. The molecule has 2 aliphatic heterocycles. The molecule has 0 aliphatic carbocycles. The number of aliphatic hydroxyl groups excluding tert-OH is 2. The maximum atomic E-state index is 9.49. The molecular weight excluding hydrogens is 332 g/mol. The summed E-state index contributed by atoms with van der Waals surface area (Å²) in [4.78, 5) is 4.77. The molecule has 2 heterocycles. The van der Waals surface area contributed by atoms with Gasteiger partial charge in [-0.05, 0) is 43.8 Å². The lowest BCUT2D eigenvalue weighted by atomic mass is 9.79. The Labute approximate surface area is 156 Å². The fraction of sp³-hybridized carbons (Fsp3) is 0.700. The molecule has 2 N–H and O–H groups in total. The Kier molecular flexibility index (Phi) is 6.40. The number of hydrogen-bond donors (Lipinski definition) is 2. The van der Waals surface area contributed by atoms with Gasteiger partial charge in [-0.2, -0.15) is 0 Å². The van der Waals surface area contributed by atoms with E-state index in [1.807, 2.05) is 12.1 Å². The molecule has 3 rings (SSSR count). The summed E-state index contributed by atoms with van der Waals surface area (Å²) in [7, 11) is 3.36. The molecule has 1 spiro atoms. The summed E-state index contributed by atoms with van der Waals surface area (Å²) in [6.07, 6.45) is 3.54. The maximum Gasteiger partial charge on any atom is 0.165 e. The monoisotopic (exact) mass is 364 g/mol. The van der Waals surface area contributed by atoms with Gasteiger partial charge in [0.1, 0.15) is 0 Å². The first-order chi connectivity index (χ1) is 12.6. The molecule has 0 saturated carbocycles. The van der Waals surface area contributed by atoms with Crippen molar-refractivity contribution in [2.24, 2.45) is 5.41 Å². The van der Waals surface area contributed by atoms with Crippen LogP contribution in [0.2, 0.25) is 0 Å². The summed E-state index contributed by atoms with van der Waals surface area (Å²) >= 11 is 0. The minimum atomic E-state index is -0.122. The fourth-order valence-corrected chi connectivity index (χ4v) is 4.67. The SMILES string of the molecule is COc1cccc(CN2CCCC3(CCN(C(CO)CO)C3)C2)c1OC. The van der Waals surface area contributed by atoms with Crippen molar-refractivity contribution in [1.29, 1.82) is 0 Å². The van der Waals surface area contributed by atoms with Crippen molar-refractivity contribution < 1.29 is 19.7 Å². The number of rotatable bonds is 7. The van der Waals surface area contributed by atoms with Gasteiger partial charge in [0.05, 0.1) is 33.5 Å². The first-order valence-corrected chi connectivity index (χ1v) is 9.52. The second-order valence-corrected chi connectivity index (χ2v) is 7.71. The van der Waals surface area contributed by atoms with Crippen LogP contribution in [0, 0.1) is 5.41 Å². The Hall–Kier alpha value is -1.34. The zero-order chi connectivity index (χ0) is 18.6. The molecule has 2 fully saturated rings. The van der Waals surface area contributed by atoms with E-state index in [0.717, 1.165) is 56.2 Å². The van der Waals surface area contributed by atoms with Crippen molar-refractivity contribution in [3.05, 3.63) is 23.8 Å². The zero-order valence-corrected chi connectivity index (χ0v) is 16.0. The average molecular weight is 364 g/mol. The highest BCUT2D eigenvalue weighted by Crippen LogP contribution is 2.41. The van der Waals surface area contributed by atoms with Crippen LogP contribution < -0.4 is 9.47 Å². The number of piperidine rings is 1. The Morgan fingerprint density at radius 2 is 1.88 bits per heavy atom. The van der Waals surface area contributed by atoms with Crippen molar-refractivity contribution in [1.82, 2.24) is 9.80 Å². The molecule has 0 bridgehead atoms. The van der Waals surface area contributed by atoms with Gasteiger partial charge >= 0.3 is 0 Å². The zero-order valence-electron chi connectivity index (χ0n) is 16.0. The predicted molar refractivity (Wildman–Crippen MR) is 101 cm³/mol. The van der Waals surface area contributed by atoms with Gasteiger partial charge < -0.3 is 19.7 Å². The summed E-state index contributed by atoms with van der Waals surface area (Å²) in [6.45, 7) is 4.96. The van der Waals surface area contributed by atoms with Gasteiger partial charge in [0.15, 0.2) is 11.5 Å². The molecule has 26 heavy (non-hydrogen) atoms. The van der Waals surface area contributed by atoms with E-state index in [2.05, 4.69) is 15.9 Å². The number of para-hydroxylation sites is 1. The third kappa shape index (κ3) is 3.98. The molecule has 0 radical (unpaired) electrons. The topological polar surface area (TPSA) is 65.4 Å². The summed E-state index contributed by atoms with van der Waals surface area (Å²) in [5.41, 5.74) is 1.43. The molecule has 146 valence electrons. The molecule has 6 heteroatoms. The molecule has 1 aromatic rings. The smallest absolute Gasteiger partial charge is 0.165 e. The molecule has 0 aromatic heterocycles. The molecule has 1 aromatic carbocycles. The molecule has 1 atom stereocenters. The number of ether oxygens (including phenoxy) is 2. The highest BCUT2D eigenvalue weighted by molar-refractivity contribution is 5.46. The molecule has 2 saturated heterocycles.